The third kappa shape index (κ3) is 2.76. The summed E-state index contributed by atoms with van der Waals surface area (Å²) >= 11 is 0. The number of ether oxygens (including phenoxy) is 1. The molecule has 1 amide bonds. The first kappa shape index (κ1) is 14.4. The maximum Gasteiger partial charge on any atom is 0.267 e. The summed E-state index contributed by atoms with van der Waals surface area (Å²) in [6.45, 7) is -0.432. The Bertz CT molecular complexity index is 530. The topological polar surface area (TPSA) is 68.5 Å². The van der Waals surface area contributed by atoms with Crippen molar-refractivity contribution in [2.45, 2.75) is 44.3 Å². The monoisotopic (exact) mass is 301 g/mol. The number of carbonyl (C=O) groups is 1. The van der Waals surface area contributed by atoms with Gasteiger partial charge in [-0.2, -0.15) is 4.98 Å². The summed E-state index contributed by atoms with van der Waals surface area (Å²) in [6.07, 6.45) is 2.04. The smallest absolute Gasteiger partial charge is 0.267 e. The zero-order valence-electron chi connectivity index (χ0n) is 11.7. The SMILES string of the molecule is COCc1noc(C2CC(F)(F)CN2C(=O)C2CCC2)n1. The molecule has 0 aromatic carbocycles. The molecule has 0 spiro atoms. The molecule has 1 aliphatic carbocycles. The van der Waals surface area contributed by atoms with Crippen LogP contribution in [0.3, 0.4) is 0 Å². The lowest BCUT2D eigenvalue weighted by Crippen LogP contribution is -2.39. The van der Waals surface area contributed by atoms with Crippen molar-refractivity contribution >= 4 is 5.91 Å². The summed E-state index contributed by atoms with van der Waals surface area (Å²) in [5, 5.41) is 3.68. The zero-order chi connectivity index (χ0) is 15.0. The molecule has 116 valence electrons. The number of rotatable bonds is 4. The van der Waals surface area contributed by atoms with E-state index in [-0.39, 0.29) is 24.3 Å². The largest absolute Gasteiger partial charge is 0.377 e. The van der Waals surface area contributed by atoms with Crippen molar-refractivity contribution < 1.29 is 22.8 Å². The molecule has 2 heterocycles. The average Bonchev–Trinajstić information content (AvgIpc) is 2.91. The lowest BCUT2D eigenvalue weighted by Gasteiger charge is -2.31. The quantitative estimate of drug-likeness (QED) is 0.850. The van der Waals surface area contributed by atoms with Gasteiger partial charge in [0, 0.05) is 19.4 Å². The number of halogens is 2. The van der Waals surface area contributed by atoms with Gasteiger partial charge in [0.05, 0.1) is 6.54 Å². The number of aromatic nitrogens is 2. The van der Waals surface area contributed by atoms with Crippen molar-refractivity contribution in [2.75, 3.05) is 13.7 Å². The van der Waals surface area contributed by atoms with Gasteiger partial charge in [-0.05, 0) is 12.8 Å². The summed E-state index contributed by atoms with van der Waals surface area (Å²) in [5.74, 6) is -2.93. The molecule has 6 nitrogen and oxygen atoms in total. The molecular formula is C13H17F2N3O3. The standard InChI is InChI=1S/C13H17F2N3O3/c1-20-6-10-16-11(21-17-10)9-5-13(14,15)7-18(9)12(19)8-3-2-4-8/h8-9H,2-7H2,1H3. The van der Waals surface area contributed by atoms with Gasteiger partial charge >= 0.3 is 0 Å². The van der Waals surface area contributed by atoms with Gasteiger partial charge in [-0.3, -0.25) is 4.79 Å². The van der Waals surface area contributed by atoms with Crippen molar-refractivity contribution in [1.82, 2.24) is 15.0 Å². The normalized spacial score (nSPS) is 25.1. The van der Waals surface area contributed by atoms with Crippen molar-refractivity contribution in [2.24, 2.45) is 5.92 Å². The Balaban J connectivity index is 1.80. The lowest BCUT2D eigenvalue weighted by molar-refractivity contribution is -0.140. The first-order chi connectivity index (χ1) is 10.00. The highest BCUT2D eigenvalue weighted by molar-refractivity contribution is 5.80. The number of nitrogens with zero attached hydrogens (tertiary/aromatic N) is 3. The molecule has 0 bridgehead atoms. The molecule has 1 saturated carbocycles. The van der Waals surface area contributed by atoms with Crippen molar-refractivity contribution in [3.63, 3.8) is 0 Å². The van der Waals surface area contributed by atoms with Gasteiger partial charge < -0.3 is 14.2 Å². The summed E-state index contributed by atoms with van der Waals surface area (Å²) in [7, 11) is 1.48. The third-order valence-electron chi connectivity index (χ3n) is 4.05. The van der Waals surface area contributed by atoms with E-state index in [0.29, 0.717) is 5.82 Å². The minimum atomic E-state index is -2.92. The molecular weight excluding hydrogens is 284 g/mol. The first-order valence-corrected chi connectivity index (χ1v) is 7.00. The van der Waals surface area contributed by atoms with Crippen LogP contribution in [0.15, 0.2) is 4.52 Å². The molecule has 0 radical (unpaired) electrons. The minimum absolute atomic E-state index is 0.0619. The maximum atomic E-state index is 13.7. The van der Waals surface area contributed by atoms with E-state index in [0.717, 1.165) is 19.3 Å². The molecule has 2 aliphatic rings. The summed E-state index contributed by atoms with van der Waals surface area (Å²) < 4.78 is 37.4. The van der Waals surface area contributed by atoms with Gasteiger partial charge in [0.15, 0.2) is 5.82 Å². The van der Waals surface area contributed by atoms with Crippen LogP contribution in [0.2, 0.25) is 0 Å². The van der Waals surface area contributed by atoms with Gasteiger partial charge in [0.1, 0.15) is 12.6 Å². The van der Waals surface area contributed by atoms with E-state index in [1.165, 1.54) is 12.0 Å². The Kier molecular flexibility index (Phi) is 3.64. The van der Waals surface area contributed by atoms with Gasteiger partial charge in [-0.25, -0.2) is 8.78 Å². The van der Waals surface area contributed by atoms with Crippen molar-refractivity contribution in [3.05, 3.63) is 11.7 Å². The molecule has 3 rings (SSSR count). The summed E-state index contributed by atoms with van der Waals surface area (Å²) in [4.78, 5) is 17.6. The molecule has 8 heteroatoms. The van der Waals surface area contributed by atoms with Crippen LogP contribution >= 0.6 is 0 Å². The second kappa shape index (κ2) is 5.32. The second-order valence-electron chi connectivity index (χ2n) is 5.65. The Morgan fingerprint density at radius 2 is 2.29 bits per heavy atom. The fourth-order valence-electron chi connectivity index (χ4n) is 2.75. The van der Waals surface area contributed by atoms with Crippen molar-refractivity contribution in [1.29, 1.82) is 0 Å². The van der Waals surface area contributed by atoms with E-state index in [4.69, 9.17) is 9.26 Å². The Morgan fingerprint density at radius 1 is 1.52 bits per heavy atom. The molecule has 1 aliphatic heterocycles. The van der Waals surface area contributed by atoms with Crippen LogP contribution in [0.1, 0.15) is 43.4 Å². The summed E-state index contributed by atoms with van der Waals surface area (Å²) in [5.41, 5.74) is 0. The lowest BCUT2D eigenvalue weighted by atomic mass is 9.84. The molecule has 21 heavy (non-hydrogen) atoms. The second-order valence-corrected chi connectivity index (χ2v) is 5.65. The van der Waals surface area contributed by atoms with E-state index in [2.05, 4.69) is 10.1 Å². The Morgan fingerprint density at radius 3 is 2.90 bits per heavy atom. The first-order valence-electron chi connectivity index (χ1n) is 7.00. The van der Waals surface area contributed by atoms with Crippen LogP contribution in [0.25, 0.3) is 0 Å². The van der Waals surface area contributed by atoms with Crippen molar-refractivity contribution in [3.8, 4) is 0 Å². The van der Waals surface area contributed by atoms with Gasteiger partial charge in [0.25, 0.3) is 5.92 Å². The molecule has 1 aromatic rings. The number of alkyl halides is 2. The van der Waals surface area contributed by atoms with Crippen LogP contribution in [0.4, 0.5) is 8.78 Å². The molecule has 0 N–H and O–H groups in total. The number of likely N-dealkylation sites (tertiary alicyclic amines) is 1. The van der Waals surface area contributed by atoms with Gasteiger partial charge in [-0.1, -0.05) is 11.6 Å². The highest BCUT2D eigenvalue weighted by Crippen LogP contribution is 2.43. The maximum absolute atomic E-state index is 13.7. The van der Waals surface area contributed by atoms with Crippen LogP contribution in [0, 0.1) is 5.92 Å². The Hall–Kier alpha value is -1.57. The van der Waals surface area contributed by atoms with E-state index in [9.17, 15) is 13.6 Å². The van der Waals surface area contributed by atoms with E-state index in [1.54, 1.807) is 0 Å². The third-order valence-corrected chi connectivity index (χ3v) is 4.05. The number of carbonyl (C=O) groups excluding carboxylic acids is 1. The van der Waals surface area contributed by atoms with Gasteiger partial charge in [0.2, 0.25) is 11.8 Å². The Labute approximate surface area is 120 Å². The number of hydrogen-bond donors (Lipinski definition) is 0. The molecule has 1 saturated heterocycles. The zero-order valence-corrected chi connectivity index (χ0v) is 11.7. The van der Waals surface area contributed by atoms with Crippen LogP contribution in [0.5, 0.6) is 0 Å². The number of amides is 1. The number of methoxy groups -OCH3 is 1. The average molecular weight is 301 g/mol. The fraction of sp³-hybridized carbons (Fsp3) is 0.769. The highest BCUT2D eigenvalue weighted by atomic mass is 19.3. The molecule has 1 atom stereocenters. The van der Waals surface area contributed by atoms with Crippen LogP contribution < -0.4 is 0 Å². The molecule has 2 fully saturated rings. The van der Waals surface area contributed by atoms with Gasteiger partial charge in [-0.15, -0.1) is 0 Å². The summed E-state index contributed by atoms with van der Waals surface area (Å²) in [6, 6.07) is -0.841. The van der Waals surface area contributed by atoms with Crippen LogP contribution in [-0.4, -0.2) is 40.5 Å². The van der Waals surface area contributed by atoms with Crippen LogP contribution in [-0.2, 0) is 16.1 Å². The van der Waals surface area contributed by atoms with E-state index < -0.39 is 24.9 Å². The fourth-order valence-corrected chi connectivity index (χ4v) is 2.75. The van der Waals surface area contributed by atoms with E-state index >= 15 is 0 Å². The van der Waals surface area contributed by atoms with E-state index in [1.807, 2.05) is 0 Å². The number of hydrogen-bond acceptors (Lipinski definition) is 5. The molecule has 1 unspecified atom stereocenters. The predicted octanol–water partition coefficient (Wildman–Crippen LogP) is 1.92. The molecule has 1 aromatic heterocycles. The highest BCUT2D eigenvalue weighted by Gasteiger charge is 2.51. The minimum Gasteiger partial charge on any atom is -0.377 e. The predicted molar refractivity (Wildman–Crippen MR) is 66.4 cm³/mol.